The Morgan fingerprint density at radius 2 is 1.94 bits per heavy atom. The SMILES string of the molecule is Cc1cccc2c1CC1(CCN(c3ncc(Sc4ccnc(N)c4Cl)c4nncn34)CC1)C2. The number of rotatable bonds is 3. The summed E-state index contributed by atoms with van der Waals surface area (Å²) in [6.07, 6.45) is 9.96. The first kappa shape index (κ1) is 20.7. The van der Waals surface area contributed by atoms with Crippen LogP contribution in [0.3, 0.4) is 0 Å². The molecule has 0 amide bonds. The van der Waals surface area contributed by atoms with E-state index >= 15 is 0 Å². The number of pyridine rings is 1. The zero-order chi connectivity index (χ0) is 22.6. The van der Waals surface area contributed by atoms with Crippen LogP contribution >= 0.6 is 23.4 Å². The molecule has 2 N–H and O–H groups in total. The maximum Gasteiger partial charge on any atom is 0.212 e. The van der Waals surface area contributed by atoms with E-state index in [4.69, 9.17) is 22.3 Å². The summed E-state index contributed by atoms with van der Waals surface area (Å²) >= 11 is 7.82. The molecule has 168 valence electrons. The van der Waals surface area contributed by atoms with Gasteiger partial charge in [-0.3, -0.25) is 0 Å². The van der Waals surface area contributed by atoms with Gasteiger partial charge in [-0.1, -0.05) is 41.6 Å². The number of nitrogens with zero attached hydrogens (tertiary/aromatic N) is 6. The Hall–Kier alpha value is -2.84. The molecule has 1 aliphatic heterocycles. The molecule has 0 radical (unpaired) electrons. The zero-order valence-corrected chi connectivity index (χ0v) is 19.9. The van der Waals surface area contributed by atoms with E-state index in [0.29, 0.717) is 16.3 Å². The highest BCUT2D eigenvalue weighted by Gasteiger charge is 2.40. The Kier molecular flexibility index (Phi) is 4.96. The first-order valence-corrected chi connectivity index (χ1v) is 12.3. The lowest BCUT2D eigenvalue weighted by Crippen LogP contribution is -2.41. The molecule has 1 aliphatic carbocycles. The number of halogens is 1. The van der Waals surface area contributed by atoms with Gasteiger partial charge < -0.3 is 10.6 Å². The summed E-state index contributed by atoms with van der Waals surface area (Å²) in [7, 11) is 0. The summed E-state index contributed by atoms with van der Waals surface area (Å²) in [5.74, 6) is 1.21. The lowest BCUT2D eigenvalue weighted by molar-refractivity contribution is 0.231. The van der Waals surface area contributed by atoms with Crippen molar-refractivity contribution in [2.45, 2.75) is 42.4 Å². The maximum absolute atomic E-state index is 6.34. The van der Waals surface area contributed by atoms with Gasteiger partial charge in [0.05, 0.1) is 9.92 Å². The molecule has 7 nitrogen and oxygen atoms in total. The molecule has 1 saturated heterocycles. The molecule has 1 fully saturated rings. The van der Waals surface area contributed by atoms with Crippen LogP contribution in [-0.2, 0) is 12.8 Å². The monoisotopic (exact) mass is 477 g/mol. The summed E-state index contributed by atoms with van der Waals surface area (Å²) in [6.45, 7) is 4.20. The second kappa shape index (κ2) is 7.88. The fourth-order valence-electron chi connectivity index (χ4n) is 5.29. The van der Waals surface area contributed by atoms with Gasteiger partial charge in [-0.15, -0.1) is 10.2 Å². The number of aromatic nitrogens is 5. The predicted molar refractivity (Wildman–Crippen MR) is 131 cm³/mol. The number of hydrogen-bond acceptors (Lipinski definition) is 7. The smallest absolute Gasteiger partial charge is 0.212 e. The van der Waals surface area contributed by atoms with E-state index in [2.05, 4.69) is 45.2 Å². The van der Waals surface area contributed by atoms with Gasteiger partial charge >= 0.3 is 0 Å². The van der Waals surface area contributed by atoms with Crippen molar-refractivity contribution in [3.63, 3.8) is 0 Å². The van der Waals surface area contributed by atoms with E-state index in [1.165, 1.54) is 30.2 Å². The van der Waals surface area contributed by atoms with E-state index < -0.39 is 0 Å². The molecule has 0 saturated carbocycles. The third kappa shape index (κ3) is 3.52. The second-order valence-corrected chi connectivity index (χ2v) is 10.6. The number of benzene rings is 1. The highest BCUT2D eigenvalue weighted by Crippen LogP contribution is 2.46. The van der Waals surface area contributed by atoms with Gasteiger partial charge in [-0.25, -0.2) is 14.4 Å². The minimum Gasteiger partial charge on any atom is -0.382 e. The van der Waals surface area contributed by atoms with E-state index in [1.54, 1.807) is 23.7 Å². The fourth-order valence-corrected chi connectivity index (χ4v) is 6.41. The van der Waals surface area contributed by atoms with Crippen molar-refractivity contribution in [3.05, 3.63) is 64.7 Å². The van der Waals surface area contributed by atoms with Gasteiger partial charge in [-0.2, -0.15) is 0 Å². The molecule has 0 unspecified atom stereocenters. The predicted octanol–water partition coefficient (Wildman–Crippen LogP) is 4.60. The lowest BCUT2D eigenvalue weighted by atomic mass is 9.76. The molecule has 3 aromatic heterocycles. The third-order valence-electron chi connectivity index (χ3n) is 7.11. The van der Waals surface area contributed by atoms with Gasteiger partial charge in [0.1, 0.15) is 12.1 Å². The largest absolute Gasteiger partial charge is 0.382 e. The van der Waals surface area contributed by atoms with Crippen molar-refractivity contribution in [1.29, 1.82) is 0 Å². The standard InChI is InChI=1S/C24H24ClN7S/c1-15-3-2-4-16-11-24(12-17(15)16)6-9-31(10-7-24)23-28-13-19(22-30-29-14-32(22)23)33-18-5-8-27-21(26)20(18)25/h2-5,8,13-14H,6-7,9-12H2,1H3,(H2,26,27). The minimum absolute atomic E-state index is 0.315. The molecule has 0 bridgehead atoms. The summed E-state index contributed by atoms with van der Waals surface area (Å²) in [5, 5.41) is 8.98. The molecule has 33 heavy (non-hydrogen) atoms. The number of piperidine rings is 1. The van der Waals surface area contributed by atoms with Crippen LogP contribution < -0.4 is 10.6 Å². The van der Waals surface area contributed by atoms with Crippen molar-refractivity contribution in [3.8, 4) is 0 Å². The van der Waals surface area contributed by atoms with Crippen LogP contribution in [0.5, 0.6) is 0 Å². The molecule has 4 aromatic rings. The van der Waals surface area contributed by atoms with Crippen LogP contribution in [0.4, 0.5) is 11.8 Å². The molecule has 2 aliphatic rings. The molecule has 1 aromatic carbocycles. The zero-order valence-electron chi connectivity index (χ0n) is 18.3. The summed E-state index contributed by atoms with van der Waals surface area (Å²) in [5.41, 5.74) is 11.6. The highest BCUT2D eigenvalue weighted by molar-refractivity contribution is 7.99. The molecule has 0 atom stereocenters. The van der Waals surface area contributed by atoms with Crippen LogP contribution in [0.25, 0.3) is 5.65 Å². The van der Waals surface area contributed by atoms with Crippen molar-refractivity contribution >= 4 is 40.8 Å². The Morgan fingerprint density at radius 3 is 2.76 bits per heavy atom. The molecule has 4 heterocycles. The Labute approximate surface area is 201 Å². The van der Waals surface area contributed by atoms with Gasteiger partial charge in [-0.05, 0) is 60.8 Å². The first-order valence-electron chi connectivity index (χ1n) is 11.1. The van der Waals surface area contributed by atoms with E-state index in [0.717, 1.165) is 47.3 Å². The number of fused-ring (bicyclic) bond motifs is 2. The maximum atomic E-state index is 6.34. The lowest BCUT2D eigenvalue weighted by Gasteiger charge is -2.40. The Morgan fingerprint density at radius 1 is 1.09 bits per heavy atom. The van der Waals surface area contributed by atoms with Crippen molar-refractivity contribution < 1.29 is 0 Å². The first-order chi connectivity index (χ1) is 16.0. The number of hydrogen-bond donors (Lipinski definition) is 1. The van der Waals surface area contributed by atoms with Crippen molar-refractivity contribution in [1.82, 2.24) is 24.6 Å². The summed E-state index contributed by atoms with van der Waals surface area (Å²) in [6, 6.07) is 8.59. The quantitative estimate of drug-likeness (QED) is 0.461. The number of nitrogens with two attached hydrogens (primary N) is 1. The Bertz CT molecular complexity index is 1360. The average molecular weight is 478 g/mol. The molecular weight excluding hydrogens is 454 g/mol. The fraction of sp³-hybridized carbons (Fsp3) is 0.333. The minimum atomic E-state index is 0.315. The van der Waals surface area contributed by atoms with Crippen LogP contribution in [0.2, 0.25) is 5.02 Å². The second-order valence-electron chi connectivity index (χ2n) is 9.11. The normalized spacial score (nSPS) is 17.1. The number of aryl methyl sites for hydroxylation is 1. The molecule has 9 heteroatoms. The number of anilines is 2. The van der Waals surface area contributed by atoms with Crippen LogP contribution in [0.1, 0.15) is 29.5 Å². The van der Waals surface area contributed by atoms with Crippen molar-refractivity contribution in [2.24, 2.45) is 5.41 Å². The average Bonchev–Trinajstić information content (AvgIpc) is 3.44. The van der Waals surface area contributed by atoms with E-state index in [1.807, 2.05) is 16.7 Å². The van der Waals surface area contributed by atoms with Crippen LogP contribution in [0, 0.1) is 12.3 Å². The van der Waals surface area contributed by atoms with Gasteiger partial charge in [0, 0.05) is 30.4 Å². The Balaban J connectivity index is 1.24. The van der Waals surface area contributed by atoms with Crippen molar-refractivity contribution in [2.75, 3.05) is 23.7 Å². The molecular formula is C24H24ClN7S. The number of nitrogen functional groups attached to an aromatic ring is 1. The van der Waals surface area contributed by atoms with Crippen LogP contribution in [-0.4, -0.2) is 37.7 Å². The third-order valence-corrected chi connectivity index (χ3v) is 8.69. The van der Waals surface area contributed by atoms with E-state index in [-0.39, 0.29) is 0 Å². The van der Waals surface area contributed by atoms with Gasteiger partial charge in [0.15, 0.2) is 5.65 Å². The van der Waals surface area contributed by atoms with E-state index in [9.17, 15) is 0 Å². The highest BCUT2D eigenvalue weighted by atomic mass is 35.5. The summed E-state index contributed by atoms with van der Waals surface area (Å²) in [4.78, 5) is 12.9. The topological polar surface area (TPSA) is 85.2 Å². The molecule has 1 spiro atoms. The summed E-state index contributed by atoms with van der Waals surface area (Å²) < 4.78 is 1.98. The van der Waals surface area contributed by atoms with Gasteiger partial charge in [0.25, 0.3) is 0 Å². The molecule has 6 rings (SSSR count). The van der Waals surface area contributed by atoms with Crippen LogP contribution in [0.15, 0.2) is 52.8 Å². The van der Waals surface area contributed by atoms with Gasteiger partial charge in [0.2, 0.25) is 5.95 Å².